The van der Waals surface area contributed by atoms with E-state index in [0.717, 1.165) is 6.07 Å². The molecular formula is C11H15N3O4S. The third-order valence-electron chi connectivity index (χ3n) is 2.52. The fourth-order valence-electron chi connectivity index (χ4n) is 1.51. The Morgan fingerprint density at radius 3 is 2.74 bits per heavy atom. The molecule has 1 aromatic heterocycles. The largest absolute Gasteiger partial charge is 0.477 e. The molecule has 0 unspecified atom stereocenters. The zero-order chi connectivity index (χ0) is 14.5. The Morgan fingerprint density at radius 1 is 1.53 bits per heavy atom. The van der Waals surface area contributed by atoms with Crippen molar-refractivity contribution in [1.29, 1.82) is 5.26 Å². The molecule has 0 aromatic carbocycles. The van der Waals surface area contributed by atoms with Gasteiger partial charge in [-0.1, -0.05) is 0 Å². The van der Waals surface area contributed by atoms with Crippen molar-refractivity contribution in [2.75, 3.05) is 6.54 Å². The van der Waals surface area contributed by atoms with Gasteiger partial charge in [-0.15, -0.1) is 0 Å². The zero-order valence-corrected chi connectivity index (χ0v) is 11.3. The third-order valence-corrected chi connectivity index (χ3v) is 3.94. The fourth-order valence-corrected chi connectivity index (χ4v) is 2.66. The topological polar surface area (TPSA) is 112 Å². The summed E-state index contributed by atoms with van der Waals surface area (Å²) in [6.45, 7) is 0.224. The Labute approximate surface area is 111 Å². The van der Waals surface area contributed by atoms with Crippen LogP contribution in [0.4, 0.5) is 0 Å². The Bertz CT molecular complexity index is 598. The maximum Gasteiger partial charge on any atom is 0.352 e. The quantitative estimate of drug-likeness (QED) is 0.716. The average Bonchev–Trinajstić information content (AvgIpc) is 2.72. The minimum absolute atomic E-state index is 0.0762. The molecule has 2 N–H and O–H groups in total. The normalized spacial score (nSPS) is 11.2. The summed E-state index contributed by atoms with van der Waals surface area (Å²) in [4.78, 5) is 10.8. The van der Waals surface area contributed by atoms with Crippen LogP contribution in [-0.2, 0) is 17.1 Å². The van der Waals surface area contributed by atoms with Crippen molar-refractivity contribution in [2.24, 2.45) is 7.05 Å². The Morgan fingerprint density at radius 2 is 2.21 bits per heavy atom. The number of carbonyl (C=O) groups is 1. The van der Waals surface area contributed by atoms with Crippen LogP contribution in [-0.4, -0.2) is 30.6 Å². The molecule has 0 atom stereocenters. The number of carboxylic acids is 1. The number of unbranched alkanes of at least 4 members (excludes halogenated alkanes) is 2. The van der Waals surface area contributed by atoms with Gasteiger partial charge in [-0.3, -0.25) is 0 Å². The van der Waals surface area contributed by atoms with E-state index in [1.807, 2.05) is 6.07 Å². The molecule has 0 amide bonds. The van der Waals surface area contributed by atoms with Crippen LogP contribution in [0, 0.1) is 11.3 Å². The van der Waals surface area contributed by atoms with Crippen molar-refractivity contribution in [3.63, 3.8) is 0 Å². The van der Waals surface area contributed by atoms with Gasteiger partial charge in [-0.2, -0.15) is 5.26 Å². The first-order valence-electron chi connectivity index (χ1n) is 5.65. The van der Waals surface area contributed by atoms with Crippen LogP contribution in [0.5, 0.6) is 0 Å². The van der Waals surface area contributed by atoms with Gasteiger partial charge in [0.2, 0.25) is 10.0 Å². The molecule has 1 heterocycles. The molecule has 0 bridgehead atoms. The molecule has 1 rings (SSSR count). The number of carboxylic acid groups (broad SMARTS) is 1. The number of aryl methyl sites for hydroxylation is 1. The van der Waals surface area contributed by atoms with Crippen LogP contribution in [0.15, 0.2) is 17.2 Å². The van der Waals surface area contributed by atoms with Gasteiger partial charge >= 0.3 is 5.97 Å². The Kier molecular flexibility index (Phi) is 5.09. The summed E-state index contributed by atoms with van der Waals surface area (Å²) in [6, 6.07) is 3.09. The second-order valence-corrected chi connectivity index (χ2v) is 5.76. The molecule has 1 aromatic rings. The number of nitriles is 1. The van der Waals surface area contributed by atoms with Crippen molar-refractivity contribution in [3.05, 3.63) is 18.0 Å². The minimum atomic E-state index is -3.70. The SMILES string of the molecule is Cn1cc(S(=O)(=O)NCCCCC#N)cc1C(=O)O. The fraction of sp³-hybridized carbons (Fsp3) is 0.455. The molecule has 0 aliphatic heterocycles. The van der Waals surface area contributed by atoms with Crippen molar-refractivity contribution in [2.45, 2.75) is 24.2 Å². The van der Waals surface area contributed by atoms with Gasteiger partial charge in [-0.25, -0.2) is 17.9 Å². The zero-order valence-electron chi connectivity index (χ0n) is 10.5. The highest BCUT2D eigenvalue weighted by atomic mass is 32.2. The summed E-state index contributed by atoms with van der Waals surface area (Å²) in [5.41, 5.74) is -0.0927. The second-order valence-electron chi connectivity index (χ2n) is 3.99. The number of sulfonamides is 1. The number of nitrogens with zero attached hydrogens (tertiary/aromatic N) is 2. The number of nitrogens with one attached hydrogen (secondary N) is 1. The van der Waals surface area contributed by atoms with Crippen molar-refractivity contribution in [3.8, 4) is 6.07 Å². The van der Waals surface area contributed by atoms with E-state index in [-0.39, 0.29) is 17.1 Å². The van der Waals surface area contributed by atoms with Gasteiger partial charge in [0.1, 0.15) is 10.6 Å². The lowest BCUT2D eigenvalue weighted by molar-refractivity contribution is 0.0686. The lowest BCUT2D eigenvalue weighted by Gasteiger charge is -2.03. The first kappa shape index (κ1) is 15.2. The first-order valence-corrected chi connectivity index (χ1v) is 7.13. The lowest BCUT2D eigenvalue weighted by Crippen LogP contribution is -2.24. The Hall–Kier alpha value is -1.85. The summed E-state index contributed by atoms with van der Waals surface area (Å²) in [5.74, 6) is -1.18. The first-order chi connectivity index (χ1) is 8.88. The van der Waals surface area contributed by atoms with Crippen LogP contribution in [0.1, 0.15) is 29.8 Å². The van der Waals surface area contributed by atoms with Crippen molar-refractivity contribution >= 4 is 16.0 Å². The summed E-state index contributed by atoms with van der Waals surface area (Å²) in [6.07, 6.45) is 2.82. The van der Waals surface area contributed by atoms with Crippen LogP contribution >= 0.6 is 0 Å². The summed E-state index contributed by atoms with van der Waals surface area (Å²) < 4.78 is 27.4. The highest BCUT2D eigenvalue weighted by molar-refractivity contribution is 7.89. The molecule has 104 valence electrons. The summed E-state index contributed by atoms with van der Waals surface area (Å²) in [7, 11) is -2.23. The number of hydrogen-bond acceptors (Lipinski definition) is 4. The van der Waals surface area contributed by atoms with E-state index in [4.69, 9.17) is 10.4 Å². The molecule has 0 saturated carbocycles. The van der Waals surface area contributed by atoms with Crippen LogP contribution in [0.3, 0.4) is 0 Å². The number of aromatic nitrogens is 1. The van der Waals surface area contributed by atoms with E-state index >= 15 is 0 Å². The van der Waals surface area contributed by atoms with Crippen molar-refractivity contribution < 1.29 is 18.3 Å². The van der Waals surface area contributed by atoms with E-state index in [1.54, 1.807) is 0 Å². The van der Waals surface area contributed by atoms with Gasteiger partial charge in [0, 0.05) is 26.2 Å². The van der Waals surface area contributed by atoms with E-state index in [1.165, 1.54) is 17.8 Å². The van der Waals surface area contributed by atoms with Crippen molar-refractivity contribution in [1.82, 2.24) is 9.29 Å². The molecule has 0 spiro atoms. The molecule has 0 aliphatic rings. The summed E-state index contributed by atoms with van der Waals surface area (Å²) in [5, 5.41) is 17.2. The smallest absolute Gasteiger partial charge is 0.352 e. The molecule has 0 fully saturated rings. The molecule has 0 radical (unpaired) electrons. The van der Waals surface area contributed by atoms with Crippen LogP contribution < -0.4 is 4.72 Å². The highest BCUT2D eigenvalue weighted by Crippen LogP contribution is 2.13. The molecule has 8 heteroatoms. The lowest BCUT2D eigenvalue weighted by atomic mass is 10.2. The second kappa shape index (κ2) is 6.36. The molecule has 0 saturated heterocycles. The minimum Gasteiger partial charge on any atom is -0.477 e. The molecule has 7 nitrogen and oxygen atoms in total. The maximum absolute atomic E-state index is 11.9. The maximum atomic E-state index is 11.9. The number of hydrogen-bond donors (Lipinski definition) is 2. The molecule has 0 aliphatic carbocycles. The monoisotopic (exact) mass is 285 g/mol. The summed E-state index contributed by atoms with van der Waals surface area (Å²) >= 11 is 0. The highest BCUT2D eigenvalue weighted by Gasteiger charge is 2.19. The number of aromatic carboxylic acids is 1. The van der Waals surface area contributed by atoms with Crippen LogP contribution in [0.25, 0.3) is 0 Å². The standard InChI is InChI=1S/C11H15N3O4S/c1-14-8-9(7-10(14)11(15)16)19(17,18)13-6-4-2-3-5-12/h7-8,13H,2-4,6H2,1H3,(H,15,16). The van der Waals surface area contributed by atoms with Gasteiger partial charge in [0.05, 0.1) is 6.07 Å². The van der Waals surface area contributed by atoms with E-state index < -0.39 is 16.0 Å². The van der Waals surface area contributed by atoms with Crippen LogP contribution in [0.2, 0.25) is 0 Å². The van der Waals surface area contributed by atoms with Gasteiger partial charge in [-0.05, 0) is 18.9 Å². The van der Waals surface area contributed by atoms with E-state index in [9.17, 15) is 13.2 Å². The predicted molar refractivity (Wildman–Crippen MR) is 67.0 cm³/mol. The van der Waals surface area contributed by atoms with E-state index in [0.29, 0.717) is 19.3 Å². The molecular weight excluding hydrogens is 270 g/mol. The van der Waals surface area contributed by atoms with Gasteiger partial charge in [0.15, 0.2) is 0 Å². The van der Waals surface area contributed by atoms with Gasteiger partial charge in [0.25, 0.3) is 0 Å². The third kappa shape index (κ3) is 4.08. The Balaban J connectivity index is 2.70. The average molecular weight is 285 g/mol. The van der Waals surface area contributed by atoms with Gasteiger partial charge < -0.3 is 9.67 Å². The van der Waals surface area contributed by atoms with E-state index in [2.05, 4.69) is 4.72 Å². The number of rotatable bonds is 7. The predicted octanol–water partition coefficient (Wildman–Crippen LogP) is 0.695. The molecule has 19 heavy (non-hydrogen) atoms.